The quantitative estimate of drug-likeness (QED) is 0.893. The molecule has 2 aliphatic rings. The van der Waals surface area contributed by atoms with Gasteiger partial charge in [0.05, 0.1) is 11.4 Å². The summed E-state index contributed by atoms with van der Waals surface area (Å²) in [5.41, 5.74) is 9.52. The van der Waals surface area contributed by atoms with E-state index in [2.05, 4.69) is 28.0 Å². The Morgan fingerprint density at radius 3 is 2.75 bits per heavy atom. The largest absolute Gasteiger partial charge is 0.318 e. The van der Waals surface area contributed by atoms with Gasteiger partial charge in [-0.25, -0.2) is 0 Å². The van der Waals surface area contributed by atoms with E-state index in [1.807, 2.05) is 36.6 Å². The molecular formula is C19H18N4O. The molecular weight excluding hydrogens is 300 g/mol. The number of hydrazine groups is 1. The molecule has 2 aromatic rings. The molecule has 1 aromatic carbocycles. The number of fused-ring (bicyclic) bond motifs is 1. The Morgan fingerprint density at radius 1 is 1.08 bits per heavy atom. The zero-order valence-electron chi connectivity index (χ0n) is 13.2. The van der Waals surface area contributed by atoms with Crippen LogP contribution in [0.25, 0.3) is 18.0 Å². The topological polar surface area (TPSA) is 57.3 Å². The van der Waals surface area contributed by atoms with E-state index in [9.17, 15) is 4.79 Å². The summed E-state index contributed by atoms with van der Waals surface area (Å²) in [4.78, 5) is 17.6. The molecule has 0 unspecified atom stereocenters. The van der Waals surface area contributed by atoms with Gasteiger partial charge in [-0.1, -0.05) is 18.2 Å². The number of pyridine rings is 1. The average Bonchev–Trinajstić information content (AvgIpc) is 3.20. The molecule has 1 amide bonds. The van der Waals surface area contributed by atoms with Crippen LogP contribution in [-0.2, 0) is 4.79 Å². The monoisotopic (exact) mass is 318 g/mol. The molecule has 0 atom stereocenters. The molecule has 2 aliphatic heterocycles. The third-order valence-corrected chi connectivity index (χ3v) is 4.23. The maximum absolute atomic E-state index is 11.7. The molecule has 24 heavy (non-hydrogen) atoms. The maximum atomic E-state index is 11.7. The van der Waals surface area contributed by atoms with Crippen molar-refractivity contribution < 1.29 is 4.79 Å². The number of nitrogens with one attached hydrogen (secondary N) is 2. The molecule has 1 aromatic heterocycles. The smallest absolute Gasteiger partial charge is 0.226 e. The molecule has 0 radical (unpaired) electrons. The molecule has 0 saturated carbocycles. The van der Waals surface area contributed by atoms with Crippen LogP contribution in [0.15, 0.2) is 48.8 Å². The Morgan fingerprint density at radius 2 is 1.96 bits per heavy atom. The highest BCUT2D eigenvalue weighted by Gasteiger charge is 2.17. The van der Waals surface area contributed by atoms with Gasteiger partial charge < -0.3 is 15.8 Å². The van der Waals surface area contributed by atoms with E-state index in [0.717, 1.165) is 40.4 Å². The first-order valence-corrected chi connectivity index (χ1v) is 8.05. The molecule has 1 fully saturated rings. The second-order valence-corrected chi connectivity index (χ2v) is 5.90. The van der Waals surface area contributed by atoms with Gasteiger partial charge in [-0.15, -0.1) is 0 Å². The number of carbonyl (C=O) groups excluding carboxylic acids is 1. The van der Waals surface area contributed by atoms with Crippen molar-refractivity contribution in [1.29, 1.82) is 0 Å². The SMILES string of the molecule is O=C1CCCN1C=c1ccc2c(c1)NNC=2/C=C/c1ccncc1. The van der Waals surface area contributed by atoms with Gasteiger partial charge in [0.2, 0.25) is 5.91 Å². The van der Waals surface area contributed by atoms with Crippen molar-refractivity contribution in [3.05, 3.63) is 64.8 Å². The fourth-order valence-corrected chi connectivity index (χ4v) is 2.95. The highest BCUT2D eigenvalue weighted by Crippen LogP contribution is 2.11. The molecule has 4 rings (SSSR count). The third kappa shape index (κ3) is 2.88. The Hall–Kier alpha value is -3.08. The molecule has 0 spiro atoms. The number of nitrogens with zero attached hydrogens (tertiary/aromatic N) is 2. The van der Waals surface area contributed by atoms with E-state index in [-0.39, 0.29) is 5.91 Å². The lowest BCUT2D eigenvalue weighted by Crippen LogP contribution is -2.22. The summed E-state index contributed by atoms with van der Waals surface area (Å²) in [5.74, 6) is 0.203. The highest BCUT2D eigenvalue weighted by molar-refractivity contribution is 5.82. The molecule has 2 N–H and O–H groups in total. The summed E-state index contributed by atoms with van der Waals surface area (Å²) in [7, 11) is 0. The number of rotatable bonds is 3. The van der Waals surface area contributed by atoms with Crippen molar-refractivity contribution in [2.45, 2.75) is 12.8 Å². The number of carbonyl (C=O) groups is 1. The van der Waals surface area contributed by atoms with Gasteiger partial charge in [0.25, 0.3) is 0 Å². The highest BCUT2D eigenvalue weighted by atomic mass is 16.2. The van der Waals surface area contributed by atoms with Crippen molar-refractivity contribution >= 4 is 29.6 Å². The van der Waals surface area contributed by atoms with Gasteiger partial charge in [0.1, 0.15) is 0 Å². The van der Waals surface area contributed by atoms with Crippen molar-refractivity contribution in [1.82, 2.24) is 15.3 Å². The minimum Gasteiger partial charge on any atom is -0.318 e. The number of hydrogen-bond donors (Lipinski definition) is 2. The Balaban J connectivity index is 1.64. The summed E-state index contributed by atoms with van der Waals surface area (Å²) in [5, 5.41) is 2.14. The van der Waals surface area contributed by atoms with Crippen molar-refractivity contribution in [2.24, 2.45) is 0 Å². The number of aromatic nitrogens is 1. The van der Waals surface area contributed by atoms with Gasteiger partial charge in [0.15, 0.2) is 0 Å². The van der Waals surface area contributed by atoms with Crippen LogP contribution in [0.2, 0.25) is 0 Å². The lowest BCUT2D eigenvalue weighted by molar-refractivity contribution is -0.124. The molecule has 0 aliphatic carbocycles. The second-order valence-electron chi connectivity index (χ2n) is 5.90. The van der Waals surface area contributed by atoms with Crippen molar-refractivity contribution in [3.8, 4) is 0 Å². The number of amides is 1. The van der Waals surface area contributed by atoms with E-state index in [0.29, 0.717) is 6.42 Å². The molecule has 0 bridgehead atoms. The van der Waals surface area contributed by atoms with Crippen molar-refractivity contribution in [3.63, 3.8) is 0 Å². The second kappa shape index (κ2) is 6.20. The zero-order chi connectivity index (χ0) is 16.4. The van der Waals surface area contributed by atoms with E-state index >= 15 is 0 Å². The van der Waals surface area contributed by atoms with Gasteiger partial charge in [-0.3, -0.25) is 9.78 Å². The first-order valence-electron chi connectivity index (χ1n) is 8.05. The summed E-state index contributed by atoms with van der Waals surface area (Å²) < 4.78 is 0. The van der Waals surface area contributed by atoms with Crippen LogP contribution in [0.3, 0.4) is 0 Å². The Labute approximate surface area is 140 Å². The van der Waals surface area contributed by atoms with Crippen LogP contribution in [0.4, 0.5) is 5.69 Å². The number of likely N-dealkylation sites (tertiary alicyclic amines) is 1. The van der Waals surface area contributed by atoms with Crippen LogP contribution in [0.1, 0.15) is 18.4 Å². The standard InChI is InChI=1S/C19H18N4O/c24-19-2-1-11-23(19)13-15-3-5-16-17(21-22-18(16)12-15)6-4-14-7-9-20-10-8-14/h3-10,12-13,21-22H,1-2,11H2/b6-4+,15-13?. The number of anilines is 1. The van der Waals surface area contributed by atoms with E-state index in [4.69, 9.17) is 0 Å². The van der Waals surface area contributed by atoms with Crippen LogP contribution in [0, 0.1) is 0 Å². The lowest BCUT2D eigenvalue weighted by atomic mass is 10.2. The molecule has 5 nitrogen and oxygen atoms in total. The van der Waals surface area contributed by atoms with Crippen LogP contribution in [-0.4, -0.2) is 22.3 Å². The summed E-state index contributed by atoms with van der Waals surface area (Å²) in [6, 6.07) is 10.1. The van der Waals surface area contributed by atoms with Crippen LogP contribution < -0.4 is 21.3 Å². The van der Waals surface area contributed by atoms with Gasteiger partial charge in [-0.2, -0.15) is 0 Å². The molecule has 1 saturated heterocycles. The predicted molar refractivity (Wildman–Crippen MR) is 94.5 cm³/mol. The van der Waals surface area contributed by atoms with E-state index in [1.54, 1.807) is 17.3 Å². The summed E-state index contributed by atoms with van der Waals surface area (Å²) in [6.45, 7) is 0.813. The normalized spacial score (nSPS) is 17.3. The minimum absolute atomic E-state index is 0.203. The first kappa shape index (κ1) is 14.5. The number of benzene rings is 1. The fraction of sp³-hybridized carbons (Fsp3) is 0.158. The Kier molecular flexibility index (Phi) is 3.75. The maximum Gasteiger partial charge on any atom is 0.226 e. The number of hydrogen-bond acceptors (Lipinski definition) is 4. The van der Waals surface area contributed by atoms with E-state index < -0.39 is 0 Å². The lowest BCUT2D eigenvalue weighted by Gasteiger charge is -2.08. The third-order valence-electron chi connectivity index (χ3n) is 4.23. The first-order chi connectivity index (χ1) is 11.8. The Bertz CT molecular complexity index is 918. The predicted octanol–water partition coefficient (Wildman–Crippen LogP) is 1.19. The summed E-state index contributed by atoms with van der Waals surface area (Å²) in [6.07, 6.45) is 11.2. The molecule has 120 valence electrons. The van der Waals surface area contributed by atoms with E-state index in [1.165, 1.54) is 0 Å². The zero-order valence-corrected chi connectivity index (χ0v) is 13.2. The van der Waals surface area contributed by atoms with Gasteiger partial charge in [0, 0.05) is 36.8 Å². The fourth-order valence-electron chi connectivity index (χ4n) is 2.95. The van der Waals surface area contributed by atoms with Gasteiger partial charge >= 0.3 is 0 Å². The summed E-state index contributed by atoms with van der Waals surface area (Å²) >= 11 is 0. The van der Waals surface area contributed by atoms with Gasteiger partial charge in [-0.05, 0) is 41.5 Å². The van der Waals surface area contributed by atoms with Crippen LogP contribution in [0.5, 0.6) is 0 Å². The molecule has 3 heterocycles. The minimum atomic E-state index is 0.203. The molecule has 5 heteroatoms. The van der Waals surface area contributed by atoms with Crippen molar-refractivity contribution in [2.75, 3.05) is 12.0 Å². The van der Waals surface area contributed by atoms with Crippen LogP contribution >= 0.6 is 0 Å². The average molecular weight is 318 g/mol.